The van der Waals surface area contributed by atoms with Gasteiger partial charge in [-0.15, -0.1) is 0 Å². The first-order valence-corrected chi connectivity index (χ1v) is 7.13. The largest absolute Gasteiger partial charge is 0.465 e. The van der Waals surface area contributed by atoms with E-state index in [1.807, 2.05) is 19.3 Å². The molecule has 3 heterocycles. The molecule has 3 aromatic heterocycles. The van der Waals surface area contributed by atoms with Crippen LogP contribution in [0.4, 0.5) is 0 Å². The summed E-state index contributed by atoms with van der Waals surface area (Å²) in [5.74, 6) is 0.452. The third-order valence-electron chi connectivity index (χ3n) is 3.24. The lowest BCUT2D eigenvalue weighted by molar-refractivity contribution is -0.116. The second-order valence-corrected chi connectivity index (χ2v) is 5.05. The fourth-order valence-electron chi connectivity index (χ4n) is 2.10. The smallest absolute Gasteiger partial charge is 0.244 e. The number of aryl methyl sites for hydroxylation is 1. The molecule has 0 saturated carbocycles. The SMILES string of the molecule is Cn1cc(-c2cncc(CNC(=O)/C=C/c3ccco3)c2)cn1. The zero-order chi connectivity index (χ0) is 16.1. The van der Waals surface area contributed by atoms with Gasteiger partial charge in [-0.3, -0.25) is 14.5 Å². The summed E-state index contributed by atoms with van der Waals surface area (Å²) in [6, 6.07) is 5.54. The Hall–Kier alpha value is -3.15. The Balaban J connectivity index is 1.61. The number of carbonyl (C=O) groups is 1. The first-order chi connectivity index (χ1) is 11.2. The van der Waals surface area contributed by atoms with Gasteiger partial charge in [-0.25, -0.2) is 0 Å². The predicted molar refractivity (Wildman–Crippen MR) is 86.0 cm³/mol. The average molecular weight is 308 g/mol. The molecule has 0 saturated heterocycles. The van der Waals surface area contributed by atoms with Crippen LogP contribution in [0.2, 0.25) is 0 Å². The van der Waals surface area contributed by atoms with Crippen LogP contribution in [-0.4, -0.2) is 20.7 Å². The van der Waals surface area contributed by atoms with Crippen molar-refractivity contribution in [3.63, 3.8) is 0 Å². The monoisotopic (exact) mass is 308 g/mol. The van der Waals surface area contributed by atoms with Gasteiger partial charge in [-0.05, 0) is 29.8 Å². The van der Waals surface area contributed by atoms with E-state index in [9.17, 15) is 4.79 Å². The van der Waals surface area contributed by atoms with Crippen LogP contribution >= 0.6 is 0 Å². The number of pyridine rings is 1. The molecule has 1 N–H and O–H groups in total. The Morgan fingerprint density at radius 2 is 2.26 bits per heavy atom. The molecule has 0 spiro atoms. The van der Waals surface area contributed by atoms with E-state index in [-0.39, 0.29) is 5.91 Å². The fraction of sp³-hybridized carbons (Fsp3) is 0.118. The second-order valence-electron chi connectivity index (χ2n) is 5.05. The molecule has 116 valence electrons. The van der Waals surface area contributed by atoms with Gasteiger partial charge in [0.2, 0.25) is 5.91 Å². The summed E-state index contributed by atoms with van der Waals surface area (Å²) >= 11 is 0. The lowest BCUT2D eigenvalue weighted by atomic mass is 10.1. The fourth-order valence-corrected chi connectivity index (χ4v) is 2.10. The van der Waals surface area contributed by atoms with Crippen LogP contribution in [0.3, 0.4) is 0 Å². The standard InChI is InChI=1S/C17H16N4O2/c1-21-12-15(11-20-21)14-7-13(8-18-10-14)9-19-17(22)5-4-16-3-2-6-23-16/h2-8,10-12H,9H2,1H3,(H,19,22)/b5-4+. The zero-order valence-corrected chi connectivity index (χ0v) is 12.6. The molecule has 0 unspecified atom stereocenters. The second kappa shape index (κ2) is 6.74. The highest BCUT2D eigenvalue weighted by Crippen LogP contribution is 2.18. The highest BCUT2D eigenvalue weighted by atomic mass is 16.3. The predicted octanol–water partition coefficient (Wildman–Crippen LogP) is 2.40. The molecule has 0 aliphatic heterocycles. The van der Waals surface area contributed by atoms with E-state index in [1.165, 1.54) is 6.08 Å². The highest BCUT2D eigenvalue weighted by molar-refractivity contribution is 5.91. The molecule has 1 amide bonds. The van der Waals surface area contributed by atoms with E-state index < -0.39 is 0 Å². The van der Waals surface area contributed by atoms with Gasteiger partial charge in [-0.1, -0.05) is 0 Å². The maximum atomic E-state index is 11.8. The van der Waals surface area contributed by atoms with E-state index in [4.69, 9.17) is 4.42 Å². The third-order valence-corrected chi connectivity index (χ3v) is 3.24. The molecule has 0 atom stereocenters. The molecule has 0 radical (unpaired) electrons. The molecule has 3 aromatic rings. The van der Waals surface area contributed by atoms with Crippen molar-refractivity contribution in [2.45, 2.75) is 6.54 Å². The van der Waals surface area contributed by atoms with Gasteiger partial charge in [-0.2, -0.15) is 5.10 Å². The maximum Gasteiger partial charge on any atom is 0.244 e. The van der Waals surface area contributed by atoms with E-state index in [0.717, 1.165) is 16.7 Å². The Morgan fingerprint density at radius 3 is 3.00 bits per heavy atom. The summed E-state index contributed by atoms with van der Waals surface area (Å²) in [6.45, 7) is 0.405. The van der Waals surface area contributed by atoms with Crippen LogP contribution in [0.15, 0.2) is 59.7 Å². The van der Waals surface area contributed by atoms with Crippen molar-refractivity contribution in [1.29, 1.82) is 0 Å². The molecule has 0 aromatic carbocycles. The maximum absolute atomic E-state index is 11.8. The summed E-state index contributed by atoms with van der Waals surface area (Å²) in [5, 5.41) is 6.96. The van der Waals surface area contributed by atoms with Crippen LogP contribution in [0, 0.1) is 0 Å². The summed E-state index contributed by atoms with van der Waals surface area (Å²) < 4.78 is 6.87. The molecule has 6 nitrogen and oxygen atoms in total. The van der Waals surface area contributed by atoms with Gasteiger partial charge < -0.3 is 9.73 Å². The van der Waals surface area contributed by atoms with Crippen molar-refractivity contribution in [2.24, 2.45) is 7.05 Å². The topological polar surface area (TPSA) is 73.0 Å². The van der Waals surface area contributed by atoms with Crippen LogP contribution in [0.5, 0.6) is 0 Å². The van der Waals surface area contributed by atoms with Crippen molar-refractivity contribution in [2.75, 3.05) is 0 Å². The number of nitrogens with one attached hydrogen (secondary N) is 1. The first-order valence-electron chi connectivity index (χ1n) is 7.13. The Bertz CT molecular complexity index is 819. The number of aromatic nitrogens is 3. The minimum absolute atomic E-state index is 0.187. The van der Waals surface area contributed by atoms with Crippen molar-refractivity contribution in [3.8, 4) is 11.1 Å². The van der Waals surface area contributed by atoms with Gasteiger partial charge in [0.15, 0.2) is 0 Å². The Labute approximate surface area is 133 Å². The third kappa shape index (κ3) is 3.94. The lowest BCUT2D eigenvalue weighted by Crippen LogP contribution is -2.20. The van der Waals surface area contributed by atoms with E-state index in [1.54, 1.807) is 47.7 Å². The Kier molecular flexibility index (Phi) is 4.33. The van der Waals surface area contributed by atoms with Gasteiger partial charge in [0.1, 0.15) is 5.76 Å². The number of carbonyl (C=O) groups excluding carboxylic acids is 1. The zero-order valence-electron chi connectivity index (χ0n) is 12.6. The number of amides is 1. The van der Waals surface area contributed by atoms with Crippen molar-refractivity contribution in [1.82, 2.24) is 20.1 Å². The number of hydrogen-bond donors (Lipinski definition) is 1. The summed E-state index contributed by atoms with van der Waals surface area (Å²) in [7, 11) is 1.87. The van der Waals surface area contributed by atoms with Crippen molar-refractivity contribution >= 4 is 12.0 Å². The molecule has 3 rings (SSSR count). The average Bonchev–Trinajstić information content (AvgIpc) is 3.23. The summed E-state index contributed by atoms with van der Waals surface area (Å²) in [6.07, 6.45) is 11.8. The number of hydrogen-bond acceptors (Lipinski definition) is 4. The quantitative estimate of drug-likeness (QED) is 0.735. The minimum atomic E-state index is -0.187. The van der Waals surface area contributed by atoms with Gasteiger partial charge in [0.25, 0.3) is 0 Å². The first kappa shape index (κ1) is 14.8. The van der Waals surface area contributed by atoms with Gasteiger partial charge in [0.05, 0.1) is 12.5 Å². The molecular weight excluding hydrogens is 292 g/mol. The molecular formula is C17H16N4O2. The van der Waals surface area contributed by atoms with Gasteiger partial charge >= 0.3 is 0 Å². The van der Waals surface area contributed by atoms with Crippen molar-refractivity contribution in [3.05, 3.63) is 66.6 Å². The normalized spacial score (nSPS) is 11.0. The summed E-state index contributed by atoms with van der Waals surface area (Å²) in [4.78, 5) is 16.0. The van der Waals surface area contributed by atoms with Gasteiger partial charge in [0, 0.05) is 49.4 Å². The van der Waals surface area contributed by atoms with Crippen LogP contribution in [0.25, 0.3) is 17.2 Å². The van der Waals surface area contributed by atoms with Crippen LogP contribution in [0.1, 0.15) is 11.3 Å². The Morgan fingerprint density at radius 1 is 1.35 bits per heavy atom. The van der Waals surface area contributed by atoms with Crippen molar-refractivity contribution < 1.29 is 9.21 Å². The van der Waals surface area contributed by atoms with E-state index in [0.29, 0.717) is 12.3 Å². The van der Waals surface area contributed by atoms with Crippen LogP contribution < -0.4 is 5.32 Å². The molecule has 6 heteroatoms. The number of rotatable bonds is 5. The molecule has 0 aliphatic rings. The van der Waals surface area contributed by atoms with E-state index >= 15 is 0 Å². The molecule has 23 heavy (non-hydrogen) atoms. The molecule has 0 bridgehead atoms. The van der Waals surface area contributed by atoms with E-state index in [2.05, 4.69) is 15.4 Å². The molecule has 0 fully saturated rings. The lowest BCUT2D eigenvalue weighted by Gasteiger charge is -2.04. The number of nitrogens with zero attached hydrogens (tertiary/aromatic N) is 3. The highest BCUT2D eigenvalue weighted by Gasteiger charge is 2.03. The minimum Gasteiger partial charge on any atom is -0.465 e. The number of furan rings is 1. The molecule has 0 aliphatic carbocycles. The van der Waals surface area contributed by atoms with Crippen LogP contribution in [-0.2, 0) is 18.4 Å². The summed E-state index contributed by atoms with van der Waals surface area (Å²) in [5.41, 5.74) is 2.88.